The van der Waals surface area contributed by atoms with Crippen LogP contribution in [0.3, 0.4) is 0 Å². The van der Waals surface area contributed by atoms with Gasteiger partial charge in [0, 0.05) is 11.8 Å². The molecule has 0 fully saturated rings. The lowest BCUT2D eigenvalue weighted by molar-refractivity contribution is 0.612. The highest BCUT2D eigenvalue weighted by Gasteiger charge is 2.24. The average Bonchev–Trinajstić information content (AvgIpc) is 3.20. The van der Waals surface area contributed by atoms with Crippen LogP contribution in [-0.4, -0.2) is 0 Å². The molecule has 0 heterocycles. The first-order valence-corrected chi connectivity index (χ1v) is 9.91. The fraction of sp³-hybridized carbons (Fsp3) is 0.360. The molecule has 2 aromatic carbocycles. The van der Waals surface area contributed by atoms with E-state index in [-0.39, 0.29) is 0 Å². The van der Waals surface area contributed by atoms with Crippen molar-refractivity contribution in [2.75, 3.05) is 0 Å². The predicted molar refractivity (Wildman–Crippen MR) is 109 cm³/mol. The molecule has 2 aromatic rings. The van der Waals surface area contributed by atoms with Gasteiger partial charge in [0.2, 0.25) is 0 Å². The van der Waals surface area contributed by atoms with Crippen molar-refractivity contribution in [3.05, 3.63) is 82.9 Å². The summed E-state index contributed by atoms with van der Waals surface area (Å²) in [7, 11) is 0. The Kier molecular flexibility index (Phi) is 4.61. The van der Waals surface area contributed by atoms with Crippen molar-refractivity contribution < 1.29 is 0 Å². The molecule has 2 unspecified atom stereocenters. The Balaban J connectivity index is 1.44. The number of rotatable bonds is 6. The van der Waals surface area contributed by atoms with Gasteiger partial charge < -0.3 is 0 Å². The van der Waals surface area contributed by atoms with Gasteiger partial charge in [0.15, 0.2) is 0 Å². The first-order chi connectivity index (χ1) is 12.3. The summed E-state index contributed by atoms with van der Waals surface area (Å²) in [5.41, 5.74) is 9.18. The number of fused-ring (bicyclic) bond motifs is 2. The Morgan fingerprint density at radius 2 is 1.08 bits per heavy atom. The highest BCUT2D eigenvalue weighted by molar-refractivity contribution is 5.75. The maximum atomic E-state index is 2.53. The third kappa shape index (κ3) is 2.99. The highest BCUT2D eigenvalue weighted by atomic mass is 14.3. The monoisotopic (exact) mass is 328 g/mol. The van der Waals surface area contributed by atoms with Crippen LogP contribution in [0.1, 0.15) is 80.0 Å². The predicted octanol–water partition coefficient (Wildman–Crippen LogP) is 7.34. The topological polar surface area (TPSA) is 0 Å². The van der Waals surface area contributed by atoms with Crippen molar-refractivity contribution in [1.29, 1.82) is 0 Å². The lowest BCUT2D eigenvalue weighted by Crippen LogP contribution is -1.97. The summed E-state index contributed by atoms with van der Waals surface area (Å²) < 4.78 is 0. The van der Waals surface area contributed by atoms with E-state index >= 15 is 0 Å². The van der Waals surface area contributed by atoms with E-state index in [4.69, 9.17) is 0 Å². The Labute approximate surface area is 152 Å². The van der Waals surface area contributed by atoms with Gasteiger partial charge in [0.05, 0.1) is 0 Å². The average molecular weight is 328 g/mol. The number of hydrogen-bond donors (Lipinski definition) is 0. The molecule has 4 rings (SSSR count). The van der Waals surface area contributed by atoms with Crippen molar-refractivity contribution in [2.24, 2.45) is 0 Å². The summed E-state index contributed by atoms with van der Waals surface area (Å²) in [6.45, 7) is 4.55. The van der Waals surface area contributed by atoms with E-state index in [1.165, 1.54) is 30.4 Å². The summed E-state index contributed by atoms with van der Waals surface area (Å²) in [6.07, 6.45) is 11.2. The van der Waals surface area contributed by atoms with Crippen molar-refractivity contribution in [3.8, 4) is 0 Å². The Morgan fingerprint density at radius 3 is 1.52 bits per heavy atom. The van der Waals surface area contributed by atoms with Crippen LogP contribution in [0, 0.1) is 0 Å². The molecule has 0 radical (unpaired) electrons. The lowest BCUT2D eigenvalue weighted by Gasteiger charge is -2.14. The third-order valence-corrected chi connectivity index (χ3v) is 6.01. The summed E-state index contributed by atoms with van der Waals surface area (Å²) in [5.74, 6) is 1.25. The van der Waals surface area contributed by atoms with E-state index in [0.29, 0.717) is 11.8 Å². The summed E-state index contributed by atoms with van der Waals surface area (Å²) in [5, 5.41) is 0. The minimum Gasteiger partial charge on any atom is -0.0732 e. The zero-order valence-corrected chi connectivity index (χ0v) is 15.5. The van der Waals surface area contributed by atoms with Crippen LogP contribution in [0.4, 0.5) is 0 Å². The van der Waals surface area contributed by atoms with Gasteiger partial charge in [-0.15, -0.1) is 0 Å². The molecule has 0 bridgehead atoms. The first kappa shape index (κ1) is 16.4. The molecule has 0 saturated carbocycles. The summed E-state index contributed by atoms with van der Waals surface area (Å²) in [4.78, 5) is 0. The van der Waals surface area contributed by atoms with E-state index in [1.54, 1.807) is 22.3 Å². The van der Waals surface area contributed by atoms with Gasteiger partial charge in [-0.1, -0.05) is 81.0 Å². The van der Waals surface area contributed by atoms with Crippen LogP contribution in [0.2, 0.25) is 0 Å². The van der Waals surface area contributed by atoms with E-state index in [9.17, 15) is 0 Å². The molecule has 0 aliphatic heterocycles. The molecule has 0 amide bonds. The van der Waals surface area contributed by atoms with Crippen molar-refractivity contribution >= 4 is 11.1 Å². The number of allylic oxidation sites excluding steroid dienone is 4. The molecule has 128 valence electrons. The van der Waals surface area contributed by atoms with Crippen LogP contribution in [0.5, 0.6) is 0 Å². The van der Waals surface area contributed by atoms with Crippen molar-refractivity contribution in [2.45, 2.75) is 57.8 Å². The van der Waals surface area contributed by atoms with Crippen LogP contribution in [0.15, 0.2) is 60.7 Å². The molecule has 0 N–H and O–H groups in total. The van der Waals surface area contributed by atoms with Crippen molar-refractivity contribution in [1.82, 2.24) is 0 Å². The van der Waals surface area contributed by atoms with Gasteiger partial charge in [-0.25, -0.2) is 0 Å². The van der Waals surface area contributed by atoms with Crippen LogP contribution in [0.25, 0.3) is 11.1 Å². The standard InChI is InChI=1S/C25H28/c1-3-18-16-20(24-14-7-5-12-22(18)24)10-9-11-21-17-19(4-2)23-13-6-8-15-25(21)23/h5-8,12-17,20-21H,3-4,9-11H2,1-2H3. The number of hydrogen-bond acceptors (Lipinski definition) is 0. The second-order valence-electron chi connectivity index (χ2n) is 7.41. The normalized spacial score (nSPS) is 20.9. The van der Waals surface area contributed by atoms with E-state index in [1.807, 2.05) is 0 Å². The van der Waals surface area contributed by atoms with Crippen LogP contribution in [-0.2, 0) is 0 Å². The van der Waals surface area contributed by atoms with Crippen LogP contribution < -0.4 is 0 Å². The molecule has 0 spiro atoms. The lowest BCUT2D eigenvalue weighted by atomic mass is 9.90. The van der Waals surface area contributed by atoms with E-state index < -0.39 is 0 Å². The molecule has 2 atom stereocenters. The zero-order valence-electron chi connectivity index (χ0n) is 15.5. The van der Waals surface area contributed by atoms with E-state index in [2.05, 4.69) is 74.5 Å². The quantitative estimate of drug-likeness (QED) is 0.520. The molecule has 0 aromatic heterocycles. The van der Waals surface area contributed by atoms with Gasteiger partial charge in [-0.05, 0) is 59.1 Å². The SMILES string of the molecule is CCC1=CC(CCCC2C=C(CC)c3ccccc32)c2ccccc21. The molecule has 0 nitrogen and oxygen atoms in total. The summed E-state index contributed by atoms with van der Waals surface area (Å²) >= 11 is 0. The Hall–Kier alpha value is -2.08. The third-order valence-electron chi connectivity index (χ3n) is 6.01. The van der Waals surface area contributed by atoms with Crippen LogP contribution >= 0.6 is 0 Å². The molecular weight excluding hydrogens is 300 g/mol. The molecule has 25 heavy (non-hydrogen) atoms. The fourth-order valence-corrected chi connectivity index (χ4v) is 4.72. The van der Waals surface area contributed by atoms with Gasteiger partial charge in [-0.2, -0.15) is 0 Å². The van der Waals surface area contributed by atoms with Gasteiger partial charge in [0.1, 0.15) is 0 Å². The summed E-state index contributed by atoms with van der Waals surface area (Å²) in [6, 6.07) is 18.0. The molecule has 2 aliphatic rings. The highest BCUT2D eigenvalue weighted by Crippen LogP contribution is 2.43. The fourth-order valence-electron chi connectivity index (χ4n) is 4.72. The Morgan fingerprint density at radius 1 is 0.640 bits per heavy atom. The molecular formula is C25H28. The molecule has 0 heteroatoms. The minimum atomic E-state index is 0.623. The Bertz CT molecular complexity index is 752. The first-order valence-electron chi connectivity index (χ1n) is 9.91. The second-order valence-corrected chi connectivity index (χ2v) is 7.41. The van der Waals surface area contributed by atoms with Crippen molar-refractivity contribution in [3.63, 3.8) is 0 Å². The van der Waals surface area contributed by atoms with Gasteiger partial charge >= 0.3 is 0 Å². The number of benzene rings is 2. The van der Waals surface area contributed by atoms with Gasteiger partial charge in [0.25, 0.3) is 0 Å². The zero-order chi connectivity index (χ0) is 17.2. The smallest absolute Gasteiger partial charge is 0.00300 e. The van der Waals surface area contributed by atoms with Gasteiger partial charge in [-0.3, -0.25) is 0 Å². The molecule has 2 aliphatic carbocycles. The maximum Gasteiger partial charge on any atom is 0.00300 e. The second kappa shape index (κ2) is 7.04. The minimum absolute atomic E-state index is 0.623. The molecule has 0 saturated heterocycles. The maximum absolute atomic E-state index is 2.53. The largest absolute Gasteiger partial charge is 0.0732 e. The van der Waals surface area contributed by atoms with E-state index in [0.717, 1.165) is 12.8 Å².